The molecule has 0 spiro atoms. The SMILES string of the molecule is CC(NC(=O)CSc1nnc(N)s1)c1cccc2ccccc12. The fourth-order valence-electron chi connectivity index (χ4n) is 2.39. The Hall–Kier alpha value is -2.12. The molecule has 0 aliphatic carbocycles. The predicted octanol–water partition coefficient (Wildman–Crippen LogP) is 3.24. The Morgan fingerprint density at radius 3 is 2.83 bits per heavy atom. The largest absolute Gasteiger partial charge is 0.374 e. The first kappa shape index (κ1) is 15.8. The smallest absolute Gasteiger partial charge is 0.230 e. The third kappa shape index (κ3) is 3.80. The van der Waals surface area contributed by atoms with Crippen LogP contribution < -0.4 is 11.1 Å². The molecule has 118 valence electrons. The number of nitrogens with zero attached hydrogens (tertiary/aromatic N) is 2. The summed E-state index contributed by atoms with van der Waals surface area (Å²) in [6, 6.07) is 14.2. The van der Waals surface area contributed by atoms with Crippen molar-refractivity contribution >= 4 is 44.9 Å². The highest BCUT2D eigenvalue weighted by atomic mass is 32.2. The van der Waals surface area contributed by atoms with Crippen LogP contribution in [0.3, 0.4) is 0 Å². The molecule has 0 aliphatic heterocycles. The van der Waals surface area contributed by atoms with Crippen molar-refractivity contribution in [2.45, 2.75) is 17.3 Å². The van der Waals surface area contributed by atoms with Crippen molar-refractivity contribution in [3.63, 3.8) is 0 Å². The van der Waals surface area contributed by atoms with Crippen molar-refractivity contribution in [3.8, 4) is 0 Å². The molecule has 7 heteroatoms. The lowest BCUT2D eigenvalue weighted by atomic mass is 10.00. The summed E-state index contributed by atoms with van der Waals surface area (Å²) in [6.45, 7) is 1.99. The Morgan fingerprint density at radius 2 is 2.04 bits per heavy atom. The third-order valence-corrected chi connectivity index (χ3v) is 5.30. The minimum absolute atomic E-state index is 0.0378. The summed E-state index contributed by atoms with van der Waals surface area (Å²) in [5.74, 6) is 0.258. The highest BCUT2D eigenvalue weighted by molar-refractivity contribution is 8.01. The van der Waals surface area contributed by atoms with E-state index in [4.69, 9.17) is 5.73 Å². The summed E-state index contributed by atoms with van der Waals surface area (Å²) in [4.78, 5) is 12.1. The number of rotatable bonds is 5. The van der Waals surface area contributed by atoms with Gasteiger partial charge in [0.15, 0.2) is 4.34 Å². The summed E-state index contributed by atoms with van der Waals surface area (Å²) in [7, 11) is 0. The molecule has 1 amide bonds. The minimum atomic E-state index is -0.0614. The van der Waals surface area contributed by atoms with Crippen molar-refractivity contribution < 1.29 is 4.79 Å². The molecule has 0 saturated carbocycles. The number of aromatic nitrogens is 2. The third-order valence-electron chi connectivity index (χ3n) is 3.42. The molecule has 3 aromatic rings. The van der Waals surface area contributed by atoms with E-state index in [0.29, 0.717) is 15.2 Å². The zero-order valence-electron chi connectivity index (χ0n) is 12.5. The first-order valence-corrected chi connectivity index (χ1v) is 8.92. The number of hydrogen-bond donors (Lipinski definition) is 2. The second-order valence-electron chi connectivity index (χ2n) is 5.05. The molecule has 23 heavy (non-hydrogen) atoms. The van der Waals surface area contributed by atoms with E-state index in [1.807, 2.05) is 31.2 Å². The summed E-state index contributed by atoms with van der Waals surface area (Å²) in [5, 5.41) is 13.4. The second kappa shape index (κ2) is 6.97. The monoisotopic (exact) mass is 344 g/mol. The number of fused-ring (bicyclic) bond motifs is 1. The zero-order valence-corrected chi connectivity index (χ0v) is 14.2. The lowest BCUT2D eigenvalue weighted by Gasteiger charge is -2.16. The van der Waals surface area contributed by atoms with Gasteiger partial charge in [0.25, 0.3) is 0 Å². The number of amides is 1. The van der Waals surface area contributed by atoms with E-state index in [1.165, 1.54) is 28.5 Å². The van der Waals surface area contributed by atoms with Crippen LogP contribution in [0.5, 0.6) is 0 Å². The number of benzene rings is 2. The van der Waals surface area contributed by atoms with Gasteiger partial charge >= 0.3 is 0 Å². The predicted molar refractivity (Wildman–Crippen MR) is 95.6 cm³/mol. The van der Waals surface area contributed by atoms with Gasteiger partial charge in [-0.2, -0.15) is 0 Å². The molecular formula is C16H16N4OS2. The molecule has 0 radical (unpaired) electrons. The first-order valence-electron chi connectivity index (χ1n) is 7.12. The van der Waals surface area contributed by atoms with Crippen LogP contribution in [0, 0.1) is 0 Å². The Labute approximate surface area is 142 Å². The van der Waals surface area contributed by atoms with E-state index in [0.717, 1.165) is 10.9 Å². The summed E-state index contributed by atoms with van der Waals surface area (Å²) in [6.07, 6.45) is 0. The van der Waals surface area contributed by atoms with Gasteiger partial charge in [0, 0.05) is 0 Å². The summed E-state index contributed by atoms with van der Waals surface area (Å²) < 4.78 is 0.704. The molecule has 0 fully saturated rings. The van der Waals surface area contributed by atoms with Crippen LogP contribution >= 0.6 is 23.1 Å². The number of thioether (sulfide) groups is 1. The first-order chi connectivity index (χ1) is 11.1. The topological polar surface area (TPSA) is 80.9 Å². The van der Waals surface area contributed by atoms with Gasteiger partial charge in [-0.25, -0.2) is 0 Å². The molecule has 0 saturated heterocycles. The van der Waals surface area contributed by atoms with E-state index >= 15 is 0 Å². The number of nitrogens with two attached hydrogens (primary N) is 1. The molecule has 1 unspecified atom stereocenters. The number of hydrogen-bond acceptors (Lipinski definition) is 6. The lowest BCUT2D eigenvalue weighted by molar-refractivity contribution is -0.119. The van der Waals surface area contributed by atoms with Crippen LogP contribution in [-0.4, -0.2) is 21.9 Å². The van der Waals surface area contributed by atoms with E-state index in [-0.39, 0.29) is 11.9 Å². The second-order valence-corrected chi connectivity index (χ2v) is 7.28. The van der Waals surface area contributed by atoms with Gasteiger partial charge in [-0.15, -0.1) is 10.2 Å². The van der Waals surface area contributed by atoms with Crippen molar-refractivity contribution in [2.24, 2.45) is 0 Å². The number of nitrogens with one attached hydrogen (secondary N) is 1. The maximum absolute atomic E-state index is 12.1. The standard InChI is InChI=1S/C16H16N4OS2/c1-10(12-8-4-6-11-5-2-3-7-13(11)12)18-14(21)9-22-16-20-19-15(17)23-16/h2-8,10H,9H2,1H3,(H2,17,19)(H,18,21). The molecule has 1 heterocycles. The summed E-state index contributed by atoms with van der Waals surface area (Å²) in [5.41, 5.74) is 6.64. The normalized spacial score (nSPS) is 12.2. The molecule has 5 nitrogen and oxygen atoms in total. The molecule has 3 rings (SSSR count). The molecule has 0 bridgehead atoms. The Morgan fingerprint density at radius 1 is 1.26 bits per heavy atom. The highest BCUT2D eigenvalue weighted by Crippen LogP contribution is 2.25. The van der Waals surface area contributed by atoms with Crippen molar-refractivity contribution in [1.82, 2.24) is 15.5 Å². The van der Waals surface area contributed by atoms with Crippen LogP contribution in [-0.2, 0) is 4.79 Å². The number of carbonyl (C=O) groups is 1. The van der Waals surface area contributed by atoms with Gasteiger partial charge in [0.2, 0.25) is 11.0 Å². The van der Waals surface area contributed by atoms with Crippen molar-refractivity contribution in [3.05, 3.63) is 48.0 Å². The van der Waals surface area contributed by atoms with Gasteiger partial charge < -0.3 is 11.1 Å². The van der Waals surface area contributed by atoms with Gasteiger partial charge in [0.05, 0.1) is 11.8 Å². The minimum Gasteiger partial charge on any atom is -0.374 e. The van der Waals surface area contributed by atoms with Crippen molar-refractivity contribution in [1.29, 1.82) is 0 Å². The van der Waals surface area contributed by atoms with E-state index in [2.05, 4.69) is 33.7 Å². The number of anilines is 1. The Bertz CT molecular complexity index is 828. The van der Waals surface area contributed by atoms with E-state index < -0.39 is 0 Å². The number of nitrogen functional groups attached to an aromatic ring is 1. The van der Waals surface area contributed by atoms with Crippen LogP contribution in [0.25, 0.3) is 10.8 Å². The Balaban J connectivity index is 1.65. The van der Waals surface area contributed by atoms with Gasteiger partial charge in [-0.1, -0.05) is 65.6 Å². The van der Waals surface area contributed by atoms with Crippen LogP contribution in [0.2, 0.25) is 0 Å². The molecule has 2 aromatic carbocycles. The van der Waals surface area contributed by atoms with Gasteiger partial charge in [-0.05, 0) is 23.3 Å². The molecular weight excluding hydrogens is 328 g/mol. The average Bonchev–Trinajstić information content (AvgIpc) is 2.98. The fourth-order valence-corrected chi connectivity index (χ4v) is 3.84. The Kier molecular flexibility index (Phi) is 4.78. The number of carbonyl (C=O) groups excluding carboxylic acids is 1. The maximum Gasteiger partial charge on any atom is 0.230 e. The average molecular weight is 344 g/mol. The zero-order chi connectivity index (χ0) is 16.2. The molecule has 1 atom stereocenters. The van der Waals surface area contributed by atoms with Gasteiger partial charge in [-0.3, -0.25) is 4.79 Å². The highest BCUT2D eigenvalue weighted by Gasteiger charge is 2.13. The lowest BCUT2D eigenvalue weighted by Crippen LogP contribution is -2.28. The van der Waals surface area contributed by atoms with Gasteiger partial charge in [0.1, 0.15) is 0 Å². The fraction of sp³-hybridized carbons (Fsp3) is 0.188. The molecule has 0 aliphatic rings. The maximum atomic E-state index is 12.1. The van der Waals surface area contributed by atoms with Crippen LogP contribution in [0.4, 0.5) is 5.13 Å². The molecule has 3 N–H and O–H groups in total. The van der Waals surface area contributed by atoms with Crippen molar-refractivity contribution in [2.75, 3.05) is 11.5 Å². The van der Waals surface area contributed by atoms with Crippen LogP contribution in [0.1, 0.15) is 18.5 Å². The summed E-state index contributed by atoms with van der Waals surface area (Å²) >= 11 is 2.63. The van der Waals surface area contributed by atoms with Crippen LogP contribution in [0.15, 0.2) is 46.8 Å². The van der Waals surface area contributed by atoms with E-state index in [1.54, 1.807) is 0 Å². The quantitative estimate of drug-likeness (QED) is 0.695. The molecule has 1 aromatic heterocycles. The van der Waals surface area contributed by atoms with E-state index in [9.17, 15) is 4.79 Å².